The van der Waals surface area contributed by atoms with Gasteiger partial charge in [0, 0.05) is 26.1 Å². The van der Waals surface area contributed by atoms with E-state index in [0.717, 1.165) is 25.3 Å². The first kappa shape index (κ1) is 13.5. The van der Waals surface area contributed by atoms with Gasteiger partial charge in [-0.1, -0.05) is 6.42 Å². The molecule has 0 radical (unpaired) electrons. The second-order valence-electron chi connectivity index (χ2n) is 4.65. The Morgan fingerprint density at radius 1 is 1.39 bits per heavy atom. The molecular weight excluding hydrogens is 234 g/mol. The van der Waals surface area contributed by atoms with Crippen LogP contribution in [0.1, 0.15) is 37.0 Å². The molecule has 2 rings (SSSR count). The molecule has 1 heterocycles. The first-order valence-electron chi connectivity index (χ1n) is 6.48. The average molecular weight is 255 g/mol. The van der Waals surface area contributed by atoms with Crippen molar-refractivity contribution in [3.05, 3.63) is 11.8 Å². The van der Waals surface area contributed by atoms with Crippen LogP contribution in [0, 0.1) is 0 Å². The molecule has 1 fully saturated rings. The monoisotopic (exact) mass is 255 g/mol. The molecule has 18 heavy (non-hydrogen) atoms. The number of nitrogens with zero attached hydrogens (tertiary/aromatic N) is 3. The number of methoxy groups -OCH3 is 1. The van der Waals surface area contributed by atoms with Crippen LogP contribution >= 0.6 is 0 Å². The highest BCUT2D eigenvalue weighted by Crippen LogP contribution is 2.35. The zero-order chi connectivity index (χ0) is 12.8. The summed E-state index contributed by atoms with van der Waals surface area (Å²) in [6, 6.07) is 0. The lowest BCUT2D eigenvalue weighted by atomic mass is 9.85. The van der Waals surface area contributed by atoms with Gasteiger partial charge >= 0.3 is 0 Å². The zero-order valence-electron chi connectivity index (χ0n) is 10.8. The molecule has 0 atom stereocenters. The lowest BCUT2D eigenvalue weighted by Gasteiger charge is -2.21. The quantitative estimate of drug-likeness (QED) is 0.740. The first-order valence-corrected chi connectivity index (χ1v) is 6.48. The Balaban J connectivity index is 1.86. The van der Waals surface area contributed by atoms with E-state index in [4.69, 9.17) is 14.3 Å². The molecule has 102 valence electrons. The third-order valence-electron chi connectivity index (χ3n) is 3.32. The second-order valence-corrected chi connectivity index (χ2v) is 4.65. The number of aliphatic hydroxyl groups is 1. The lowest BCUT2D eigenvalue weighted by molar-refractivity contribution is 0.120. The van der Waals surface area contributed by atoms with Crippen LogP contribution in [0.2, 0.25) is 0 Å². The number of ether oxygens (including phenoxy) is 1. The van der Waals surface area contributed by atoms with Crippen molar-refractivity contribution in [1.29, 1.82) is 0 Å². The van der Waals surface area contributed by atoms with E-state index in [9.17, 15) is 0 Å². The Kier molecular flexibility index (Phi) is 5.10. The molecule has 6 nitrogen and oxygen atoms in total. The molecule has 0 saturated heterocycles. The molecule has 0 amide bonds. The standard InChI is InChI=1S/C12H21N3O3/c1-17-8-6-15(5-7-16)9-11-13-14-12(18-11)10-3-2-4-10/h10,16H,2-9H2,1H3. The van der Waals surface area contributed by atoms with Gasteiger partial charge in [-0.25, -0.2) is 0 Å². The van der Waals surface area contributed by atoms with Crippen LogP contribution in [-0.4, -0.2) is 53.6 Å². The van der Waals surface area contributed by atoms with Crippen LogP contribution in [0.15, 0.2) is 4.42 Å². The van der Waals surface area contributed by atoms with E-state index < -0.39 is 0 Å². The number of hydrogen-bond donors (Lipinski definition) is 1. The Morgan fingerprint density at radius 3 is 2.83 bits per heavy atom. The van der Waals surface area contributed by atoms with E-state index in [2.05, 4.69) is 10.2 Å². The van der Waals surface area contributed by atoms with Gasteiger partial charge in [0.15, 0.2) is 0 Å². The maximum absolute atomic E-state index is 9.01. The fourth-order valence-corrected chi connectivity index (χ4v) is 1.97. The summed E-state index contributed by atoms with van der Waals surface area (Å²) < 4.78 is 10.7. The van der Waals surface area contributed by atoms with Gasteiger partial charge in [-0.2, -0.15) is 0 Å². The van der Waals surface area contributed by atoms with E-state index in [1.165, 1.54) is 6.42 Å². The SMILES string of the molecule is COCCN(CCO)Cc1nnc(C2CCC2)o1. The lowest BCUT2D eigenvalue weighted by Crippen LogP contribution is -2.30. The molecule has 6 heteroatoms. The molecule has 0 aromatic carbocycles. The number of aliphatic hydroxyl groups excluding tert-OH is 1. The summed E-state index contributed by atoms with van der Waals surface area (Å²) in [4.78, 5) is 2.04. The molecule has 0 spiro atoms. The molecule has 0 bridgehead atoms. The van der Waals surface area contributed by atoms with Crippen LogP contribution in [0.5, 0.6) is 0 Å². The highest BCUT2D eigenvalue weighted by molar-refractivity contribution is 4.96. The molecule has 1 aliphatic carbocycles. The molecule has 1 aliphatic rings. The molecule has 0 aliphatic heterocycles. The third kappa shape index (κ3) is 3.51. The number of rotatable bonds is 8. The molecule has 0 unspecified atom stereocenters. The van der Waals surface area contributed by atoms with Gasteiger partial charge in [-0.3, -0.25) is 4.90 Å². The van der Waals surface area contributed by atoms with E-state index >= 15 is 0 Å². The van der Waals surface area contributed by atoms with Crippen molar-refractivity contribution in [1.82, 2.24) is 15.1 Å². The zero-order valence-corrected chi connectivity index (χ0v) is 10.8. The predicted molar refractivity (Wildman–Crippen MR) is 65.1 cm³/mol. The minimum atomic E-state index is 0.118. The number of aromatic nitrogens is 2. The summed E-state index contributed by atoms with van der Waals surface area (Å²) >= 11 is 0. The van der Waals surface area contributed by atoms with Gasteiger partial charge in [-0.15, -0.1) is 10.2 Å². The first-order chi connectivity index (χ1) is 8.83. The second kappa shape index (κ2) is 6.82. The molecule has 1 aromatic heterocycles. The number of hydrogen-bond acceptors (Lipinski definition) is 6. The molecule has 1 N–H and O–H groups in total. The smallest absolute Gasteiger partial charge is 0.230 e. The van der Waals surface area contributed by atoms with Gasteiger partial charge in [0.25, 0.3) is 0 Å². The van der Waals surface area contributed by atoms with E-state index in [0.29, 0.717) is 31.5 Å². The Bertz CT molecular complexity index is 352. The minimum absolute atomic E-state index is 0.118. The van der Waals surface area contributed by atoms with Crippen molar-refractivity contribution in [2.24, 2.45) is 0 Å². The summed E-state index contributed by atoms with van der Waals surface area (Å²) in [6.45, 7) is 2.66. The van der Waals surface area contributed by atoms with Gasteiger partial charge in [0.05, 0.1) is 19.8 Å². The minimum Gasteiger partial charge on any atom is -0.424 e. The van der Waals surface area contributed by atoms with Crippen molar-refractivity contribution in [3.63, 3.8) is 0 Å². The predicted octanol–water partition coefficient (Wildman–Crippen LogP) is 0.778. The van der Waals surface area contributed by atoms with Crippen molar-refractivity contribution < 1.29 is 14.3 Å². The Labute approximate surface area is 107 Å². The Hall–Kier alpha value is -0.980. The maximum Gasteiger partial charge on any atom is 0.230 e. The normalized spacial score (nSPS) is 16.2. The van der Waals surface area contributed by atoms with Gasteiger partial charge in [0.2, 0.25) is 11.8 Å². The molecule has 1 saturated carbocycles. The van der Waals surface area contributed by atoms with E-state index in [1.54, 1.807) is 7.11 Å². The Morgan fingerprint density at radius 2 is 2.22 bits per heavy atom. The van der Waals surface area contributed by atoms with Gasteiger partial charge in [-0.05, 0) is 12.8 Å². The van der Waals surface area contributed by atoms with Crippen LogP contribution in [0.4, 0.5) is 0 Å². The van der Waals surface area contributed by atoms with Crippen LogP contribution < -0.4 is 0 Å². The third-order valence-corrected chi connectivity index (χ3v) is 3.32. The summed E-state index contributed by atoms with van der Waals surface area (Å²) in [5, 5.41) is 17.2. The largest absolute Gasteiger partial charge is 0.424 e. The molecule has 1 aromatic rings. The summed E-state index contributed by atoms with van der Waals surface area (Å²) in [6.07, 6.45) is 3.57. The van der Waals surface area contributed by atoms with Gasteiger partial charge in [0.1, 0.15) is 0 Å². The topological polar surface area (TPSA) is 71.6 Å². The fourth-order valence-electron chi connectivity index (χ4n) is 1.97. The van der Waals surface area contributed by atoms with Crippen molar-refractivity contribution in [3.8, 4) is 0 Å². The van der Waals surface area contributed by atoms with Crippen LogP contribution in [0.25, 0.3) is 0 Å². The van der Waals surface area contributed by atoms with E-state index in [-0.39, 0.29) is 6.61 Å². The van der Waals surface area contributed by atoms with Crippen molar-refractivity contribution in [2.45, 2.75) is 31.7 Å². The summed E-state index contributed by atoms with van der Waals surface area (Å²) in [7, 11) is 1.67. The summed E-state index contributed by atoms with van der Waals surface area (Å²) in [5.41, 5.74) is 0. The highest BCUT2D eigenvalue weighted by Gasteiger charge is 2.25. The van der Waals surface area contributed by atoms with Crippen molar-refractivity contribution >= 4 is 0 Å². The van der Waals surface area contributed by atoms with Gasteiger partial charge < -0.3 is 14.3 Å². The maximum atomic E-state index is 9.01. The van der Waals surface area contributed by atoms with Crippen LogP contribution in [-0.2, 0) is 11.3 Å². The van der Waals surface area contributed by atoms with E-state index in [1.807, 2.05) is 4.90 Å². The average Bonchev–Trinajstić information content (AvgIpc) is 2.72. The molecular formula is C12H21N3O3. The van der Waals surface area contributed by atoms with Crippen LogP contribution in [0.3, 0.4) is 0 Å². The van der Waals surface area contributed by atoms with Crippen molar-refractivity contribution in [2.75, 3.05) is 33.4 Å². The highest BCUT2D eigenvalue weighted by atomic mass is 16.5. The summed E-state index contributed by atoms with van der Waals surface area (Å²) in [5.74, 6) is 1.87. The fraction of sp³-hybridized carbons (Fsp3) is 0.833.